The largest absolute Gasteiger partial charge is 0.365 e. The predicted molar refractivity (Wildman–Crippen MR) is 97.3 cm³/mol. The standard InChI is InChI=1S/C19H21FN4O2/c1-10-11(2)24(12(3)25)16-7-6-13(20)9-15(16)17(10)23-19-14(18(21)26)5-4-8-22-19/h4-11,17H,1-3H3,(H2,21,26)(H,22,23)/t10-,11-,17+/m0/s1. The van der Waals surface area contributed by atoms with Gasteiger partial charge in [0.2, 0.25) is 5.91 Å². The molecule has 0 radical (unpaired) electrons. The molecule has 0 bridgehead atoms. The number of benzene rings is 1. The van der Waals surface area contributed by atoms with Crippen molar-refractivity contribution < 1.29 is 14.0 Å². The van der Waals surface area contributed by atoms with Crippen molar-refractivity contribution in [3.8, 4) is 0 Å². The number of hydrogen-bond donors (Lipinski definition) is 2. The molecule has 1 aromatic heterocycles. The van der Waals surface area contributed by atoms with Gasteiger partial charge in [0, 0.05) is 36.3 Å². The molecule has 0 unspecified atom stereocenters. The van der Waals surface area contributed by atoms with Crippen molar-refractivity contribution in [3.63, 3.8) is 0 Å². The fourth-order valence-electron chi connectivity index (χ4n) is 3.54. The second-order valence-electron chi connectivity index (χ2n) is 6.58. The number of nitrogens with two attached hydrogens (primary N) is 1. The summed E-state index contributed by atoms with van der Waals surface area (Å²) in [6, 6.07) is 7.12. The quantitative estimate of drug-likeness (QED) is 0.885. The Kier molecular flexibility index (Phi) is 4.63. The normalized spacial score (nSPS) is 21.8. The molecule has 0 spiro atoms. The van der Waals surface area contributed by atoms with E-state index < -0.39 is 11.7 Å². The van der Waals surface area contributed by atoms with Crippen LogP contribution in [0.2, 0.25) is 0 Å². The zero-order chi connectivity index (χ0) is 19.0. The number of primary amides is 1. The Morgan fingerprint density at radius 2 is 2.00 bits per heavy atom. The van der Waals surface area contributed by atoms with E-state index in [1.807, 2.05) is 13.8 Å². The number of nitrogens with zero attached hydrogens (tertiary/aromatic N) is 2. The van der Waals surface area contributed by atoms with Crippen LogP contribution in [0.5, 0.6) is 0 Å². The molecule has 1 aliphatic rings. The van der Waals surface area contributed by atoms with Gasteiger partial charge in [-0.3, -0.25) is 9.59 Å². The lowest BCUT2D eigenvalue weighted by molar-refractivity contribution is -0.117. The first kappa shape index (κ1) is 17.8. The monoisotopic (exact) mass is 356 g/mol. The number of halogens is 1. The van der Waals surface area contributed by atoms with E-state index in [2.05, 4.69) is 10.3 Å². The van der Waals surface area contributed by atoms with Gasteiger partial charge in [-0.1, -0.05) is 6.92 Å². The molecule has 3 atom stereocenters. The van der Waals surface area contributed by atoms with Gasteiger partial charge in [0.15, 0.2) is 0 Å². The van der Waals surface area contributed by atoms with E-state index in [-0.39, 0.29) is 29.5 Å². The van der Waals surface area contributed by atoms with Gasteiger partial charge in [0.05, 0.1) is 11.6 Å². The van der Waals surface area contributed by atoms with Crippen LogP contribution in [0.1, 0.15) is 42.7 Å². The molecule has 1 aromatic carbocycles. The van der Waals surface area contributed by atoms with Crippen molar-refractivity contribution in [1.29, 1.82) is 0 Å². The Balaban J connectivity index is 2.10. The second-order valence-corrected chi connectivity index (χ2v) is 6.58. The van der Waals surface area contributed by atoms with Crippen LogP contribution in [-0.4, -0.2) is 22.8 Å². The third-order valence-corrected chi connectivity index (χ3v) is 4.98. The molecule has 26 heavy (non-hydrogen) atoms. The smallest absolute Gasteiger partial charge is 0.252 e. The zero-order valence-electron chi connectivity index (χ0n) is 14.9. The van der Waals surface area contributed by atoms with Crippen LogP contribution in [0, 0.1) is 11.7 Å². The summed E-state index contributed by atoms with van der Waals surface area (Å²) in [6.45, 7) is 5.41. The summed E-state index contributed by atoms with van der Waals surface area (Å²) >= 11 is 0. The Hall–Kier alpha value is -2.96. The summed E-state index contributed by atoms with van der Waals surface area (Å²) in [6.07, 6.45) is 1.56. The number of fused-ring (bicyclic) bond motifs is 1. The molecule has 0 aliphatic carbocycles. The van der Waals surface area contributed by atoms with Crippen LogP contribution in [-0.2, 0) is 4.79 Å². The fraction of sp³-hybridized carbons (Fsp3) is 0.316. The molecular formula is C19H21FN4O2. The van der Waals surface area contributed by atoms with Gasteiger partial charge < -0.3 is 16.0 Å². The van der Waals surface area contributed by atoms with Crippen LogP contribution in [0.3, 0.4) is 0 Å². The van der Waals surface area contributed by atoms with Gasteiger partial charge >= 0.3 is 0 Å². The summed E-state index contributed by atoms with van der Waals surface area (Å²) < 4.78 is 13.9. The lowest BCUT2D eigenvalue weighted by atomic mass is 9.82. The van der Waals surface area contributed by atoms with Crippen LogP contribution >= 0.6 is 0 Å². The molecule has 0 saturated carbocycles. The summed E-state index contributed by atoms with van der Waals surface area (Å²) in [7, 11) is 0. The minimum atomic E-state index is -0.595. The molecule has 2 heterocycles. The maximum Gasteiger partial charge on any atom is 0.252 e. The van der Waals surface area contributed by atoms with Crippen molar-refractivity contribution in [1.82, 2.24) is 4.98 Å². The molecule has 3 rings (SSSR count). The van der Waals surface area contributed by atoms with E-state index in [0.29, 0.717) is 17.1 Å². The second kappa shape index (κ2) is 6.74. The first-order valence-corrected chi connectivity index (χ1v) is 8.42. The van der Waals surface area contributed by atoms with Gasteiger partial charge in [-0.15, -0.1) is 0 Å². The minimum absolute atomic E-state index is 0.0593. The van der Waals surface area contributed by atoms with E-state index >= 15 is 0 Å². The maximum atomic E-state index is 13.9. The third-order valence-electron chi connectivity index (χ3n) is 4.98. The Morgan fingerprint density at radius 3 is 2.65 bits per heavy atom. The van der Waals surface area contributed by atoms with Crippen LogP contribution in [0.25, 0.3) is 0 Å². The topological polar surface area (TPSA) is 88.3 Å². The number of amides is 2. The Morgan fingerprint density at radius 1 is 1.27 bits per heavy atom. The predicted octanol–water partition coefficient (Wildman–Crippen LogP) is 2.86. The van der Waals surface area contributed by atoms with Crippen LogP contribution < -0.4 is 16.0 Å². The summed E-state index contributed by atoms with van der Waals surface area (Å²) in [4.78, 5) is 29.7. The number of aromatic nitrogens is 1. The summed E-state index contributed by atoms with van der Waals surface area (Å²) in [5.41, 5.74) is 6.99. The SMILES string of the molecule is CC(=O)N1c2ccc(F)cc2[C@H](Nc2ncccc2C(N)=O)[C@@H](C)[C@@H]1C. The van der Waals surface area contributed by atoms with Gasteiger partial charge in [-0.05, 0) is 37.3 Å². The molecule has 2 aromatic rings. The highest BCUT2D eigenvalue weighted by Gasteiger charge is 2.38. The molecule has 3 N–H and O–H groups in total. The van der Waals surface area contributed by atoms with Gasteiger partial charge in [0.25, 0.3) is 5.91 Å². The molecule has 136 valence electrons. The van der Waals surface area contributed by atoms with Crippen LogP contribution in [0.15, 0.2) is 36.5 Å². The van der Waals surface area contributed by atoms with E-state index in [1.54, 1.807) is 29.3 Å². The maximum absolute atomic E-state index is 13.9. The first-order valence-electron chi connectivity index (χ1n) is 8.42. The molecule has 2 amide bonds. The van der Waals surface area contributed by atoms with Crippen LogP contribution in [0.4, 0.5) is 15.9 Å². The average Bonchev–Trinajstić information content (AvgIpc) is 2.59. The van der Waals surface area contributed by atoms with Crippen molar-refractivity contribution >= 4 is 23.3 Å². The minimum Gasteiger partial charge on any atom is -0.365 e. The third kappa shape index (κ3) is 3.00. The number of pyridine rings is 1. The lowest BCUT2D eigenvalue weighted by Gasteiger charge is -2.44. The van der Waals surface area contributed by atoms with E-state index in [9.17, 15) is 14.0 Å². The van der Waals surface area contributed by atoms with Crippen molar-refractivity contribution in [2.45, 2.75) is 32.9 Å². The molecule has 6 nitrogen and oxygen atoms in total. The molecular weight excluding hydrogens is 335 g/mol. The Labute approximate surface area is 151 Å². The van der Waals surface area contributed by atoms with Gasteiger partial charge in [-0.25, -0.2) is 9.37 Å². The molecule has 0 saturated heterocycles. The highest BCUT2D eigenvalue weighted by molar-refractivity contribution is 5.98. The number of nitrogens with one attached hydrogen (secondary N) is 1. The van der Waals surface area contributed by atoms with Gasteiger partial charge in [-0.2, -0.15) is 0 Å². The summed E-state index contributed by atoms with van der Waals surface area (Å²) in [5.74, 6) is -0.809. The van der Waals surface area contributed by atoms with Gasteiger partial charge in [0.1, 0.15) is 11.6 Å². The number of carbonyl (C=O) groups is 2. The lowest BCUT2D eigenvalue weighted by Crippen LogP contribution is -2.48. The van der Waals surface area contributed by atoms with E-state index in [4.69, 9.17) is 5.73 Å². The number of hydrogen-bond acceptors (Lipinski definition) is 4. The van der Waals surface area contributed by atoms with Crippen molar-refractivity contribution in [2.24, 2.45) is 11.7 Å². The molecule has 1 aliphatic heterocycles. The fourth-order valence-corrected chi connectivity index (χ4v) is 3.54. The first-order chi connectivity index (χ1) is 12.3. The number of rotatable bonds is 3. The zero-order valence-corrected chi connectivity index (χ0v) is 14.9. The number of carbonyl (C=O) groups excluding carboxylic acids is 2. The highest BCUT2D eigenvalue weighted by Crippen LogP contribution is 2.42. The van der Waals surface area contributed by atoms with Crippen molar-refractivity contribution in [2.75, 3.05) is 10.2 Å². The van der Waals surface area contributed by atoms with E-state index in [0.717, 1.165) is 0 Å². The Bertz CT molecular complexity index is 870. The highest BCUT2D eigenvalue weighted by atomic mass is 19.1. The van der Waals surface area contributed by atoms with Crippen molar-refractivity contribution in [3.05, 3.63) is 53.5 Å². The van der Waals surface area contributed by atoms with E-state index in [1.165, 1.54) is 19.1 Å². The average molecular weight is 356 g/mol. The summed E-state index contributed by atoms with van der Waals surface area (Å²) in [5, 5.41) is 3.24. The number of anilines is 2. The molecule has 0 fully saturated rings. The molecule has 7 heteroatoms.